The van der Waals surface area contributed by atoms with Gasteiger partial charge in [-0.25, -0.2) is 0 Å². The molecule has 4 rings (SSSR count). The fraction of sp³-hybridized carbons (Fsp3) is 0.304. The van der Waals surface area contributed by atoms with Crippen LogP contribution in [0, 0.1) is 6.92 Å². The maximum Gasteiger partial charge on any atom is 0.255 e. The van der Waals surface area contributed by atoms with Crippen molar-refractivity contribution in [3.05, 3.63) is 64.9 Å². The van der Waals surface area contributed by atoms with Gasteiger partial charge in [-0.3, -0.25) is 4.79 Å². The lowest BCUT2D eigenvalue weighted by atomic mass is 9.94. The molecule has 0 radical (unpaired) electrons. The van der Waals surface area contributed by atoms with Gasteiger partial charge in [0.15, 0.2) is 11.5 Å². The van der Waals surface area contributed by atoms with Crippen LogP contribution in [0.3, 0.4) is 0 Å². The molecule has 1 aromatic heterocycles. The van der Waals surface area contributed by atoms with Crippen LogP contribution in [0.2, 0.25) is 0 Å². The molecular weight excluding hydrogens is 408 g/mol. The van der Waals surface area contributed by atoms with Crippen LogP contribution in [0.5, 0.6) is 11.5 Å². The van der Waals surface area contributed by atoms with Gasteiger partial charge in [-0.05, 0) is 68.0 Å². The minimum absolute atomic E-state index is 0.00210. The summed E-state index contributed by atoms with van der Waals surface area (Å²) in [5.74, 6) is 1.41. The summed E-state index contributed by atoms with van der Waals surface area (Å²) >= 11 is 0. The second-order valence-electron chi connectivity index (χ2n) is 7.91. The Morgan fingerprint density at radius 2 is 1.88 bits per heavy atom. The largest absolute Gasteiger partial charge is 0.493 e. The first kappa shape index (κ1) is 21.4. The van der Waals surface area contributed by atoms with Gasteiger partial charge in [-0.1, -0.05) is 28.9 Å². The molecule has 3 aromatic rings. The van der Waals surface area contributed by atoms with E-state index in [1.165, 1.54) is 0 Å². The van der Waals surface area contributed by atoms with E-state index in [4.69, 9.17) is 9.47 Å². The third-order valence-electron chi connectivity index (χ3n) is 5.13. The van der Waals surface area contributed by atoms with Crippen LogP contribution in [0.15, 0.2) is 53.7 Å². The Hall–Kier alpha value is -3.88. The fourth-order valence-electron chi connectivity index (χ4n) is 3.66. The number of nitrogens with zero attached hydrogens (tertiary/aromatic N) is 4. The summed E-state index contributed by atoms with van der Waals surface area (Å²) in [5.41, 5.74) is 3.79. The van der Waals surface area contributed by atoms with Crippen molar-refractivity contribution in [2.75, 3.05) is 17.7 Å². The number of hydrogen-bond donors (Lipinski definition) is 2. The van der Waals surface area contributed by atoms with E-state index < -0.39 is 6.04 Å². The van der Waals surface area contributed by atoms with Crippen molar-refractivity contribution in [1.82, 2.24) is 20.2 Å². The highest BCUT2D eigenvalue weighted by molar-refractivity contribution is 6.06. The maximum atomic E-state index is 13.4. The predicted molar refractivity (Wildman–Crippen MR) is 121 cm³/mol. The van der Waals surface area contributed by atoms with E-state index in [-0.39, 0.29) is 12.0 Å². The number of fused-ring (bicyclic) bond motifs is 1. The fourth-order valence-corrected chi connectivity index (χ4v) is 3.66. The number of hydrogen-bond acceptors (Lipinski definition) is 7. The molecule has 0 saturated carbocycles. The van der Waals surface area contributed by atoms with Gasteiger partial charge in [0.25, 0.3) is 5.91 Å². The van der Waals surface area contributed by atoms with Crippen molar-refractivity contribution in [2.24, 2.45) is 0 Å². The number of aryl methyl sites for hydroxylation is 1. The maximum absolute atomic E-state index is 13.4. The number of allylic oxidation sites excluding steroid dienone is 1. The summed E-state index contributed by atoms with van der Waals surface area (Å²) in [6.45, 7) is 7.74. The molecule has 2 aromatic carbocycles. The van der Waals surface area contributed by atoms with Crippen molar-refractivity contribution in [3.8, 4) is 11.5 Å². The number of tetrazole rings is 1. The van der Waals surface area contributed by atoms with Crippen LogP contribution < -0.4 is 20.1 Å². The number of amides is 1. The lowest BCUT2D eigenvalue weighted by Crippen LogP contribution is -2.31. The summed E-state index contributed by atoms with van der Waals surface area (Å²) in [6, 6.07) is 12.7. The van der Waals surface area contributed by atoms with Gasteiger partial charge in [0.1, 0.15) is 6.04 Å². The number of nitrogens with one attached hydrogen (secondary N) is 2. The van der Waals surface area contributed by atoms with E-state index >= 15 is 0 Å². The molecule has 0 fully saturated rings. The standard InChI is InChI=1S/C23H26N6O3/c1-13(2)32-18-11-8-16(12-19(18)31-5)21-20(15(4)24-23-26-27-28-29(21)23)22(30)25-17-9-6-14(3)7-10-17/h6-13,21H,1-5H3,(H,25,30)(H,24,26,28). The molecule has 166 valence electrons. The third-order valence-corrected chi connectivity index (χ3v) is 5.13. The summed E-state index contributed by atoms with van der Waals surface area (Å²) in [5, 5.41) is 18.1. The normalized spacial score (nSPS) is 15.2. The van der Waals surface area contributed by atoms with E-state index in [0.717, 1.165) is 11.1 Å². The number of methoxy groups -OCH3 is 1. The molecule has 0 aliphatic carbocycles. The van der Waals surface area contributed by atoms with E-state index in [0.29, 0.717) is 34.4 Å². The topological polar surface area (TPSA) is 103 Å². The van der Waals surface area contributed by atoms with Crippen LogP contribution in [0.25, 0.3) is 0 Å². The lowest BCUT2D eigenvalue weighted by Gasteiger charge is -2.28. The Balaban J connectivity index is 1.75. The zero-order chi connectivity index (χ0) is 22.8. The first-order chi connectivity index (χ1) is 15.4. The Bertz CT molecular complexity index is 1170. The highest BCUT2D eigenvalue weighted by atomic mass is 16.5. The molecule has 2 N–H and O–H groups in total. The van der Waals surface area contributed by atoms with E-state index in [9.17, 15) is 4.79 Å². The first-order valence-corrected chi connectivity index (χ1v) is 10.4. The van der Waals surface area contributed by atoms with E-state index in [1.807, 2.05) is 70.2 Å². The quantitative estimate of drug-likeness (QED) is 0.610. The molecule has 9 nitrogen and oxygen atoms in total. The van der Waals surface area contributed by atoms with Crippen LogP contribution in [0.1, 0.15) is 37.9 Å². The minimum atomic E-state index is -0.548. The number of benzene rings is 2. The van der Waals surface area contributed by atoms with Gasteiger partial charge in [0.2, 0.25) is 5.95 Å². The molecule has 1 amide bonds. The average Bonchev–Trinajstić information content (AvgIpc) is 3.22. The lowest BCUT2D eigenvalue weighted by molar-refractivity contribution is -0.113. The van der Waals surface area contributed by atoms with Crippen molar-refractivity contribution in [3.63, 3.8) is 0 Å². The van der Waals surface area contributed by atoms with Gasteiger partial charge in [0.05, 0.1) is 18.8 Å². The van der Waals surface area contributed by atoms with Crippen LogP contribution in [-0.4, -0.2) is 39.3 Å². The molecule has 2 heterocycles. The monoisotopic (exact) mass is 434 g/mol. The van der Waals surface area contributed by atoms with E-state index in [2.05, 4.69) is 26.2 Å². The van der Waals surface area contributed by atoms with Gasteiger partial charge >= 0.3 is 0 Å². The Labute approximate surface area is 186 Å². The van der Waals surface area contributed by atoms with Crippen molar-refractivity contribution in [2.45, 2.75) is 39.8 Å². The molecule has 1 unspecified atom stereocenters. The van der Waals surface area contributed by atoms with Gasteiger partial charge in [-0.15, -0.1) is 0 Å². The van der Waals surface area contributed by atoms with Gasteiger partial charge in [-0.2, -0.15) is 4.68 Å². The second-order valence-corrected chi connectivity index (χ2v) is 7.91. The van der Waals surface area contributed by atoms with Gasteiger partial charge < -0.3 is 20.1 Å². The molecule has 0 saturated heterocycles. The summed E-state index contributed by atoms with van der Waals surface area (Å²) in [4.78, 5) is 13.4. The van der Waals surface area contributed by atoms with Crippen molar-refractivity contribution < 1.29 is 14.3 Å². The molecule has 1 aliphatic heterocycles. The molecule has 1 aliphatic rings. The van der Waals surface area contributed by atoms with Crippen molar-refractivity contribution in [1.29, 1.82) is 0 Å². The molecule has 32 heavy (non-hydrogen) atoms. The smallest absolute Gasteiger partial charge is 0.255 e. The van der Waals surface area contributed by atoms with Crippen LogP contribution in [-0.2, 0) is 4.79 Å². The van der Waals surface area contributed by atoms with Gasteiger partial charge in [0, 0.05) is 11.4 Å². The number of ether oxygens (including phenoxy) is 2. The highest BCUT2D eigenvalue weighted by Gasteiger charge is 2.34. The number of anilines is 2. The molecule has 9 heteroatoms. The predicted octanol–water partition coefficient (Wildman–Crippen LogP) is 3.70. The molecule has 0 spiro atoms. The number of carbonyl (C=O) groups excluding carboxylic acids is 1. The Kier molecular flexibility index (Phi) is 5.81. The van der Waals surface area contributed by atoms with Crippen LogP contribution >= 0.6 is 0 Å². The van der Waals surface area contributed by atoms with Crippen molar-refractivity contribution >= 4 is 17.5 Å². The second kappa shape index (κ2) is 8.70. The number of aromatic nitrogens is 4. The van der Waals surface area contributed by atoms with Crippen LogP contribution in [0.4, 0.5) is 11.6 Å². The summed E-state index contributed by atoms with van der Waals surface area (Å²) in [7, 11) is 1.59. The summed E-state index contributed by atoms with van der Waals surface area (Å²) in [6.07, 6.45) is -0.00210. The highest BCUT2D eigenvalue weighted by Crippen LogP contribution is 2.38. The minimum Gasteiger partial charge on any atom is -0.493 e. The molecule has 1 atom stereocenters. The Morgan fingerprint density at radius 3 is 2.56 bits per heavy atom. The number of rotatable bonds is 6. The number of carbonyl (C=O) groups is 1. The zero-order valence-corrected chi connectivity index (χ0v) is 18.7. The third kappa shape index (κ3) is 4.14. The SMILES string of the molecule is COc1cc(C2C(C(=O)Nc3ccc(C)cc3)=C(C)Nc3nnnn32)ccc1OC(C)C. The Morgan fingerprint density at radius 1 is 1.12 bits per heavy atom. The average molecular weight is 435 g/mol. The summed E-state index contributed by atoms with van der Waals surface area (Å²) < 4.78 is 13.0. The molecule has 0 bridgehead atoms. The first-order valence-electron chi connectivity index (χ1n) is 10.4. The molecular formula is C23H26N6O3. The zero-order valence-electron chi connectivity index (χ0n) is 18.7. The van der Waals surface area contributed by atoms with E-state index in [1.54, 1.807) is 11.8 Å².